The molecule has 4 nitrogen and oxygen atoms in total. The molecule has 1 N–H and O–H groups in total. The number of carbonyl (C=O) groups excluding carboxylic acids is 1. The van der Waals surface area contributed by atoms with Gasteiger partial charge in [-0.2, -0.15) is 4.39 Å². The van der Waals surface area contributed by atoms with E-state index in [1.807, 2.05) is 0 Å². The smallest absolute Gasteiger partial charge is 0.270 e. The van der Waals surface area contributed by atoms with Crippen LogP contribution in [0.1, 0.15) is 16.9 Å². The third-order valence-electron chi connectivity index (χ3n) is 2.26. The summed E-state index contributed by atoms with van der Waals surface area (Å²) in [4.78, 5) is 15.1. The summed E-state index contributed by atoms with van der Waals surface area (Å²) in [5.74, 6) is -1.20. The molecule has 1 amide bonds. The Kier molecular flexibility index (Phi) is 3.36. The number of halogens is 2. The second-order valence-corrected chi connectivity index (χ2v) is 3.96. The van der Waals surface area contributed by atoms with Gasteiger partial charge in [0.1, 0.15) is 5.69 Å². The lowest BCUT2D eigenvalue weighted by atomic mass is 10.2. The zero-order chi connectivity index (χ0) is 11.5. The highest BCUT2D eigenvalue weighted by molar-refractivity contribution is 6.30. The van der Waals surface area contributed by atoms with Gasteiger partial charge in [-0.3, -0.25) is 4.79 Å². The molecule has 0 aliphatic carbocycles. The maximum absolute atomic E-state index is 12.9. The fourth-order valence-corrected chi connectivity index (χ4v) is 1.68. The maximum Gasteiger partial charge on any atom is 0.270 e. The van der Waals surface area contributed by atoms with Crippen LogP contribution in [0.15, 0.2) is 12.1 Å². The second kappa shape index (κ2) is 4.76. The lowest BCUT2D eigenvalue weighted by Crippen LogP contribution is -2.35. The molecule has 6 heteroatoms. The molecule has 1 unspecified atom stereocenters. The van der Waals surface area contributed by atoms with E-state index in [0.29, 0.717) is 13.2 Å². The van der Waals surface area contributed by atoms with Crippen molar-refractivity contribution in [2.75, 3.05) is 13.2 Å². The molecule has 1 fully saturated rings. The van der Waals surface area contributed by atoms with Crippen molar-refractivity contribution in [3.8, 4) is 0 Å². The van der Waals surface area contributed by atoms with Gasteiger partial charge in [0.15, 0.2) is 0 Å². The van der Waals surface area contributed by atoms with Crippen molar-refractivity contribution in [3.63, 3.8) is 0 Å². The number of hydrogen-bond acceptors (Lipinski definition) is 3. The van der Waals surface area contributed by atoms with Crippen LogP contribution in [0.4, 0.5) is 4.39 Å². The lowest BCUT2D eigenvalue weighted by molar-refractivity contribution is 0.0923. The number of rotatable bonds is 2. The van der Waals surface area contributed by atoms with Gasteiger partial charge in [-0.1, -0.05) is 11.6 Å². The first-order valence-corrected chi connectivity index (χ1v) is 5.24. The van der Waals surface area contributed by atoms with Crippen molar-refractivity contribution in [1.29, 1.82) is 0 Å². The van der Waals surface area contributed by atoms with E-state index in [1.54, 1.807) is 0 Å². The molecule has 0 saturated carbocycles. The average molecular weight is 245 g/mol. The first-order valence-electron chi connectivity index (χ1n) is 4.87. The van der Waals surface area contributed by atoms with Gasteiger partial charge < -0.3 is 10.1 Å². The van der Waals surface area contributed by atoms with Crippen LogP contribution in [0, 0.1) is 5.95 Å². The summed E-state index contributed by atoms with van der Waals surface area (Å²) in [7, 11) is 0. The third-order valence-corrected chi connectivity index (χ3v) is 2.47. The molecule has 0 aromatic carbocycles. The molecule has 0 bridgehead atoms. The van der Waals surface area contributed by atoms with E-state index in [9.17, 15) is 9.18 Å². The van der Waals surface area contributed by atoms with Gasteiger partial charge in [0.2, 0.25) is 5.95 Å². The van der Waals surface area contributed by atoms with Crippen LogP contribution < -0.4 is 5.32 Å². The van der Waals surface area contributed by atoms with Crippen molar-refractivity contribution in [3.05, 3.63) is 28.8 Å². The summed E-state index contributed by atoms with van der Waals surface area (Å²) in [6.45, 7) is 1.11. The quantitative estimate of drug-likeness (QED) is 0.800. The Labute approximate surface area is 96.8 Å². The van der Waals surface area contributed by atoms with Gasteiger partial charge in [0.25, 0.3) is 5.91 Å². The van der Waals surface area contributed by atoms with Crippen LogP contribution in [0.5, 0.6) is 0 Å². The van der Waals surface area contributed by atoms with Crippen LogP contribution in [-0.2, 0) is 4.74 Å². The number of nitrogens with one attached hydrogen (secondary N) is 1. The Hall–Kier alpha value is -1.20. The largest absolute Gasteiger partial charge is 0.379 e. The molecular formula is C10H10ClFN2O2. The van der Waals surface area contributed by atoms with E-state index in [0.717, 1.165) is 12.5 Å². The third kappa shape index (κ3) is 2.68. The van der Waals surface area contributed by atoms with Gasteiger partial charge in [-0.25, -0.2) is 4.98 Å². The first kappa shape index (κ1) is 11.3. The molecule has 1 aromatic rings. The number of amides is 1. The van der Waals surface area contributed by atoms with E-state index in [4.69, 9.17) is 16.3 Å². The number of hydrogen-bond donors (Lipinski definition) is 1. The summed E-state index contributed by atoms with van der Waals surface area (Å²) in [5.41, 5.74) is -0.0168. The lowest BCUT2D eigenvalue weighted by Gasteiger charge is -2.09. The number of pyridine rings is 1. The zero-order valence-corrected chi connectivity index (χ0v) is 9.13. The topological polar surface area (TPSA) is 51.2 Å². The van der Waals surface area contributed by atoms with E-state index in [-0.39, 0.29) is 16.8 Å². The number of nitrogens with zero attached hydrogens (tertiary/aromatic N) is 1. The number of ether oxygens (including phenoxy) is 1. The predicted octanol–water partition coefficient (Wildman–Crippen LogP) is 1.39. The molecule has 1 aromatic heterocycles. The monoisotopic (exact) mass is 244 g/mol. The van der Waals surface area contributed by atoms with E-state index < -0.39 is 11.9 Å². The standard InChI is InChI=1S/C10H10ClFN2O2/c11-6-3-8(14-9(12)4-6)10(15)13-7-1-2-16-5-7/h3-4,7H,1-2,5H2,(H,13,15). The fraction of sp³-hybridized carbons (Fsp3) is 0.400. The molecule has 1 atom stereocenters. The Morgan fingerprint density at radius 2 is 2.44 bits per heavy atom. The van der Waals surface area contributed by atoms with Crippen LogP contribution in [0.2, 0.25) is 5.02 Å². The number of carbonyl (C=O) groups is 1. The highest BCUT2D eigenvalue weighted by atomic mass is 35.5. The molecular weight excluding hydrogens is 235 g/mol. The minimum atomic E-state index is -0.764. The zero-order valence-electron chi connectivity index (χ0n) is 8.37. The molecule has 0 spiro atoms. The van der Waals surface area contributed by atoms with Crippen molar-refractivity contribution in [1.82, 2.24) is 10.3 Å². The minimum Gasteiger partial charge on any atom is -0.379 e. The SMILES string of the molecule is O=C(NC1CCOC1)c1cc(Cl)cc(F)n1. The highest BCUT2D eigenvalue weighted by Gasteiger charge is 2.19. The van der Waals surface area contributed by atoms with Crippen molar-refractivity contribution in [2.24, 2.45) is 0 Å². The van der Waals surface area contributed by atoms with Crippen molar-refractivity contribution < 1.29 is 13.9 Å². The fourth-order valence-electron chi connectivity index (χ4n) is 1.49. The molecule has 16 heavy (non-hydrogen) atoms. The molecule has 86 valence electrons. The highest BCUT2D eigenvalue weighted by Crippen LogP contribution is 2.12. The molecule has 0 radical (unpaired) electrons. The van der Waals surface area contributed by atoms with Gasteiger partial charge in [0, 0.05) is 17.7 Å². The Bertz CT molecular complexity index is 388. The van der Waals surface area contributed by atoms with Crippen LogP contribution in [-0.4, -0.2) is 30.1 Å². The maximum atomic E-state index is 12.9. The van der Waals surface area contributed by atoms with Gasteiger partial charge in [-0.05, 0) is 12.5 Å². The molecule has 2 heterocycles. The summed E-state index contributed by atoms with van der Waals surface area (Å²) < 4.78 is 18.0. The molecule has 1 saturated heterocycles. The van der Waals surface area contributed by atoms with Gasteiger partial charge in [0.05, 0.1) is 12.6 Å². The molecule has 1 aliphatic heterocycles. The number of aromatic nitrogens is 1. The Balaban J connectivity index is 2.07. The van der Waals surface area contributed by atoms with E-state index >= 15 is 0 Å². The first-order chi connectivity index (χ1) is 7.65. The second-order valence-electron chi connectivity index (χ2n) is 3.53. The Morgan fingerprint density at radius 1 is 1.62 bits per heavy atom. The summed E-state index contributed by atoms with van der Waals surface area (Å²) in [5, 5.41) is 2.85. The van der Waals surface area contributed by atoms with Crippen molar-refractivity contribution in [2.45, 2.75) is 12.5 Å². The average Bonchev–Trinajstić information content (AvgIpc) is 2.68. The minimum absolute atomic E-state index is 0.0168. The van der Waals surface area contributed by atoms with Gasteiger partial charge in [-0.15, -0.1) is 0 Å². The summed E-state index contributed by atoms with van der Waals surface area (Å²) in [6.07, 6.45) is 0.759. The molecule has 2 rings (SSSR count). The van der Waals surface area contributed by atoms with Gasteiger partial charge >= 0.3 is 0 Å². The normalized spacial score (nSPS) is 19.8. The Morgan fingerprint density at radius 3 is 3.06 bits per heavy atom. The van der Waals surface area contributed by atoms with Crippen LogP contribution in [0.25, 0.3) is 0 Å². The van der Waals surface area contributed by atoms with E-state index in [1.165, 1.54) is 6.07 Å². The summed E-state index contributed by atoms with van der Waals surface area (Å²) >= 11 is 5.63. The van der Waals surface area contributed by atoms with Crippen LogP contribution >= 0.6 is 11.6 Å². The van der Waals surface area contributed by atoms with Crippen LogP contribution in [0.3, 0.4) is 0 Å². The van der Waals surface area contributed by atoms with Crippen molar-refractivity contribution >= 4 is 17.5 Å². The predicted molar refractivity (Wildman–Crippen MR) is 55.9 cm³/mol. The summed E-state index contributed by atoms with van der Waals surface area (Å²) in [6, 6.07) is 2.35. The molecule has 1 aliphatic rings. The van der Waals surface area contributed by atoms with E-state index in [2.05, 4.69) is 10.3 Å².